The number of carbonyl (C=O) groups excluding carboxylic acids is 1. The van der Waals surface area contributed by atoms with Crippen LogP contribution in [-0.4, -0.2) is 5.97 Å². The van der Waals surface area contributed by atoms with E-state index >= 15 is 0 Å². The lowest BCUT2D eigenvalue weighted by Crippen LogP contribution is -2.12. The van der Waals surface area contributed by atoms with Crippen molar-refractivity contribution in [3.8, 4) is 11.5 Å². The molecule has 3 rings (SSSR count). The molecule has 3 aromatic carbocycles. The summed E-state index contributed by atoms with van der Waals surface area (Å²) in [6, 6.07) is 19.3. The molecule has 29 heavy (non-hydrogen) atoms. The van der Waals surface area contributed by atoms with Crippen LogP contribution in [0.15, 0.2) is 66.7 Å². The van der Waals surface area contributed by atoms with Crippen molar-refractivity contribution >= 4 is 13.8 Å². The van der Waals surface area contributed by atoms with Gasteiger partial charge in [0, 0.05) is 0 Å². The number of benzene rings is 3. The van der Waals surface area contributed by atoms with E-state index in [1.54, 1.807) is 30.3 Å². The minimum Gasteiger partial charge on any atom is -0.385 e. The average molecular weight is 410 g/mol. The number of aryl methyl sites for hydroxylation is 4. The molecule has 0 radical (unpaired) electrons. The zero-order valence-electron chi connectivity index (χ0n) is 16.8. The maximum Gasteiger partial charge on any atom is 0.649 e. The van der Waals surface area contributed by atoms with E-state index in [1.165, 1.54) is 0 Å². The van der Waals surface area contributed by atoms with Gasteiger partial charge in [0.05, 0.1) is 5.56 Å². The Morgan fingerprint density at radius 1 is 0.655 bits per heavy atom. The fourth-order valence-electron chi connectivity index (χ4n) is 2.89. The highest BCUT2D eigenvalue weighted by Crippen LogP contribution is 2.52. The average Bonchev–Trinajstić information content (AvgIpc) is 2.69. The summed E-state index contributed by atoms with van der Waals surface area (Å²) in [7, 11) is -4.34. The van der Waals surface area contributed by atoms with Gasteiger partial charge in [-0.05, 0) is 62.1 Å². The van der Waals surface area contributed by atoms with E-state index in [4.69, 9.17) is 13.6 Å². The van der Waals surface area contributed by atoms with Crippen LogP contribution in [0.25, 0.3) is 0 Å². The van der Waals surface area contributed by atoms with Gasteiger partial charge in [0.15, 0.2) is 0 Å². The standard InChI is InChI=1S/C23H23O5P/c1-16-10-8-11-17(2)21(16)26-29(25,27-22-18(3)12-9-13-19(22)4)28-23(24)20-14-6-5-7-15-20/h5-15H,1-4H3. The van der Waals surface area contributed by atoms with Crippen LogP contribution in [0.1, 0.15) is 32.6 Å². The van der Waals surface area contributed by atoms with Crippen LogP contribution >= 0.6 is 7.82 Å². The maximum absolute atomic E-state index is 13.7. The summed E-state index contributed by atoms with van der Waals surface area (Å²) < 4.78 is 30.5. The van der Waals surface area contributed by atoms with Crippen molar-refractivity contribution in [3.63, 3.8) is 0 Å². The summed E-state index contributed by atoms with van der Waals surface area (Å²) >= 11 is 0. The molecule has 0 amide bonds. The SMILES string of the molecule is Cc1cccc(C)c1OP(=O)(OC(=O)c1ccccc1)Oc1c(C)cccc1C. The zero-order chi connectivity index (χ0) is 21.0. The first kappa shape index (κ1) is 20.7. The highest BCUT2D eigenvalue weighted by atomic mass is 31.2. The second-order valence-electron chi connectivity index (χ2n) is 6.82. The Morgan fingerprint density at radius 3 is 1.48 bits per heavy atom. The van der Waals surface area contributed by atoms with Gasteiger partial charge in [-0.25, -0.2) is 4.79 Å². The number of hydrogen-bond donors (Lipinski definition) is 0. The van der Waals surface area contributed by atoms with Crippen LogP contribution < -0.4 is 9.05 Å². The van der Waals surface area contributed by atoms with Gasteiger partial charge >= 0.3 is 13.8 Å². The van der Waals surface area contributed by atoms with Gasteiger partial charge in [0.25, 0.3) is 0 Å². The summed E-state index contributed by atoms with van der Waals surface area (Å²) in [6.45, 7) is 7.30. The van der Waals surface area contributed by atoms with Crippen molar-refractivity contribution in [1.82, 2.24) is 0 Å². The van der Waals surface area contributed by atoms with Crippen molar-refractivity contribution in [2.24, 2.45) is 0 Å². The number of phosphoric ester groups is 1. The molecular formula is C23H23O5P. The van der Waals surface area contributed by atoms with Crippen molar-refractivity contribution in [3.05, 3.63) is 94.5 Å². The molecular weight excluding hydrogens is 387 g/mol. The third-order valence-electron chi connectivity index (χ3n) is 4.43. The molecule has 0 aliphatic rings. The van der Waals surface area contributed by atoms with Crippen LogP contribution in [0.2, 0.25) is 0 Å². The summed E-state index contributed by atoms with van der Waals surface area (Å²) in [6.07, 6.45) is 0. The first-order valence-corrected chi connectivity index (χ1v) is 10.7. The van der Waals surface area contributed by atoms with Gasteiger partial charge in [0.2, 0.25) is 0 Å². The van der Waals surface area contributed by atoms with E-state index in [-0.39, 0.29) is 5.56 Å². The summed E-state index contributed by atoms with van der Waals surface area (Å²) in [5.41, 5.74) is 3.28. The Kier molecular flexibility index (Phi) is 6.09. The van der Waals surface area contributed by atoms with Gasteiger partial charge in [-0.3, -0.25) is 0 Å². The molecule has 0 aliphatic heterocycles. The normalized spacial score (nSPS) is 11.0. The third-order valence-corrected chi connectivity index (χ3v) is 5.63. The number of para-hydroxylation sites is 2. The van der Waals surface area contributed by atoms with E-state index in [0.717, 1.165) is 22.3 Å². The highest BCUT2D eigenvalue weighted by Gasteiger charge is 2.37. The number of phosphoric acid groups is 1. The Bertz CT molecular complexity index is 978. The zero-order valence-corrected chi connectivity index (χ0v) is 17.7. The minimum absolute atomic E-state index is 0.253. The molecule has 6 heteroatoms. The number of rotatable bonds is 6. The lowest BCUT2D eigenvalue weighted by atomic mass is 10.1. The first-order valence-electron chi connectivity index (χ1n) is 9.20. The van der Waals surface area contributed by atoms with Gasteiger partial charge < -0.3 is 13.6 Å². The van der Waals surface area contributed by atoms with Crippen LogP contribution in [0.3, 0.4) is 0 Å². The highest BCUT2D eigenvalue weighted by molar-refractivity contribution is 7.50. The van der Waals surface area contributed by atoms with E-state index in [0.29, 0.717) is 11.5 Å². The Morgan fingerprint density at radius 2 is 1.07 bits per heavy atom. The fraction of sp³-hybridized carbons (Fsp3) is 0.174. The lowest BCUT2D eigenvalue weighted by molar-refractivity contribution is 0.0687. The molecule has 0 N–H and O–H groups in total. The molecule has 0 fully saturated rings. The largest absolute Gasteiger partial charge is 0.649 e. The van der Waals surface area contributed by atoms with Gasteiger partial charge in [-0.1, -0.05) is 54.6 Å². The molecule has 5 nitrogen and oxygen atoms in total. The van der Waals surface area contributed by atoms with Crippen LogP contribution in [-0.2, 0) is 9.09 Å². The van der Waals surface area contributed by atoms with Gasteiger partial charge in [-0.2, -0.15) is 4.57 Å². The quantitative estimate of drug-likeness (QED) is 0.444. The first-order chi connectivity index (χ1) is 13.8. The van der Waals surface area contributed by atoms with Crippen LogP contribution in [0.4, 0.5) is 0 Å². The maximum atomic E-state index is 13.7. The molecule has 0 aliphatic carbocycles. The summed E-state index contributed by atoms with van der Waals surface area (Å²) in [5, 5.41) is 0. The Labute approximate surface area is 170 Å². The van der Waals surface area contributed by atoms with E-state index in [2.05, 4.69) is 0 Å². The molecule has 3 aromatic rings. The molecule has 0 heterocycles. The monoisotopic (exact) mass is 410 g/mol. The lowest BCUT2D eigenvalue weighted by Gasteiger charge is -2.22. The van der Waals surface area contributed by atoms with Crippen molar-refractivity contribution < 1.29 is 22.9 Å². The van der Waals surface area contributed by atoms with Crippen molar-refractivity contribution in [2.45, 2.75) is 27.7 Å². The Balaban J connectivity index is 2.00. The van der Waals surface area contributed by atoms with Crippen molar-refractivity contribution in [1.29, 1.82) is 0 Å². The topological polar surface area (TPSA) is 61.8 Å². The molecule has 0 bridgehead atoms. The van der Waals surface area contributed by atoms with E-state index < -0.39 is 13.8 Å². The second kappa shape index (κ2) is 8.54. The molecule has 0 spiro atoms. The minimum atomic E-state index is -4.34. The van der Waals surface area contributed by atoms with E-state index in [1.807, 2.05) is 64.1 Å². The smallest absolute Gasteiger partial charge is 0.385 e. The van der Waals surface area contributed by atoms with Gasteiger partial charge in [0.1, 0.15) is 11.5 Å². The molecule has 0 atom stereocenters. The van der Waals surface area contributed by atoms with E-state index in [9.17, 15) is 9.36 Å². The molecule has 150 valence electrons. The molecule has 0 aromatic heterocycles. The third kappa shape index (κ3) is 4.87. The van der Waals surface area contributed by atoms with Crippen LogP contribution in [0, 0.1) is 27.7 Å². The Hall–Kier alpha value is -3.04. The predicted molar refractivity (Wildman–Crippen MR) is 113 cm³/mol. The van der Waals surface area contributed by atoms with Gasteiger partial charge in [-0.15, -0.1) is 0 Å². The summed E-state index contributed by atoms with van der Waals surface area (Å²) in [4.78, 5) is 12.6. The fourth-order valence-corrected chi connectivity index (χ4v) is 4.34. The second-order valence-corrected chi connectivity index (χ2v) is 8.26. The molecule has 0 unspecified atom stereocenters. The molecule has 0 saturated carbocycles. The number of carbonyl (C=O) groups is 1. The predicted octanol–water partition coefficient (Wildman–Crippen LogP) is 6.34. The summed E-state index contributed by atoms with van der Waals surface area (Å²) in [5.74, 6) is -0.0581. The number of hydrogen-bond acceptors (Lipinski definition) is 5. The van der Waals surface area contributed by atoms with Crippen LogP contribution in [0.5, 0.6) is 11.5 Å². The van der Waals surface area contributed by atoms with Crippen molar-refractivity contribution in [2.75, 3.05) is 0 Å². The molecule has 0 saturated heterocycles.